The molecule has 146 valence electrons. The summed E-state index contributed by atoms with van der Waals surface area (Å²) in [6.45, 7) is 0.306. The van der Waals surface area contributed by atoms with Crippen LogP contribution in [0.3, 0.4) is 0 Å². The molecule has 0 N–H and O–H groups in total. The van der Waals surface area contributed by atoms with E-state index in [2.05, 4.69) is 0 Å². The fraction of sp³-hybridized carbons (Fsp3) is 0.250. The van der Waals surface area contributed by atoms with Crippen molar-refractivity contribution < 1.29 is 13.2 Å². The number of amides is 1. The van der Waals surface area contributed by atoms with Gasteiger partial charge in [-0.2, -0.15) is 0 Å². The molecule has 1 fully saturated rings. The first kappa shape index (κ1) is 19.7. The van der Waals surface area contributed by atoms with Crippen LogP contribution in [0, 0.1) is 0 Å². The first-order valence-electron chi connectivity index (χ1n) is 8.77. The second kappa shape index (κ2) is 7.67. The van der Waals surface area contributed by atoms with Gasteiger partial charge in [0.2, 0.25) is 0 Å². The summed E-state index contributed by atoms with van der Waals surface area (Å²) >= 11 is 13.8. The number of hydrogen-bond acceptors (Lipinski definition) is 4. The standard InChI is InChI=1S/C20H17Cl2NO3S2/c21-14-7-5-13(6-8-14)11-23(15-9-10-28(25,26)12-15)20(24)19-18(22)16-3-1-2-4-17(16)27-19/h1-8,15H,9-12H2/t15-/m0/s1. The molecule has 1 saturated heterocycles. The van der Waals surface area contributed by atoms with Gasteiger partial charge in [-0.25, -0.2) is 8.42 Å². The molecule has 1 amide bonds. The molecule has 1 aliphatic heterocycles. The number of fused-ring (bicyclic) bond motifs is 1. The fourth-order valence-corrected chi connectivity index (χ4v) is 6.78. The minimum Gasteiger partial charge on any atom is -0.330 e. The van der Waals surface area contributed by atoms with Gasteiger partial charge in [0, 0.05) is 27.7 Å². The summed E-state index contributed by atoms with van der Waals surface area (Å²) in [6.07, 6.45) is 0.435. The van der Waals surface area contributed by atoms with Gasteiger partial charge in [0.05, 0.1) is 16.5 Å². The van der Waals surface area contributed by atoms with Crippen LogP contribution in [-0.2, 0) is 16.4 Å². The molecule has 2 heterocycles. The number of nitrogens with zero attached hydrogens (tertiary/aromatic N) is 1. The number of hydrogen-bond donors (Lipinski definition) is 0. The molecule has 0 unspecified atom stereocenters. The van der Waals surface area contributed by atoms with Crippen LogP contribution < -0.4 is 0 Å². The molecule has 2 aromatic carbocycles. The molecule has 4 rings (SSSR count). The summed E-state index contributed by atoms with van der Waals surface area (Å²) in [6, 6.07) is 14.4. The van der Waals surface area contributed by atoms with E-state index in [9.17, 15) is 13.2 Å². The quantitative estimate of drug-likeness (QED) is 0.555. The topological polar surface area (TPSA) is 54.5 Å². The third kappa shape index (κ3) is 3.92. The van der Waals surface area contributed by atoms with Crippen LogP contribution in [0.25, 0.3) is 10.1 Å². The molecule has 0 spiro atoms. The van der Waals surface area contributed by atoms with E-state index in [1.54, 1.807) is 17.0 Å². The first-order chi connectivity index (χ1) is 13.3. The maximum Gasteiger partial charge on any atom is 0.266 e. The fourth-order valence-electron chi connectivity index (χ4n) is 3.46. The van der Waals surface area contributed by atoms with Gasteiger partial charge in [-0.3, -0.25) is 4.79 Å². The number of rotatable bonds is 4. The highest BCUT2D eigenvalue weighted by molar-refractivity contribution is 7.91. The Labute approximate surface area is 177 Å². The predicted molar refractivity (Wildman–Crippen MR) is 115 cm³/mol. The summed E-state index contributed by atoms with van der Waals surface area (Å²) in [5, 5.41) is 1.87. The van der Waals surface area contributed by atoms with Crippen molar-refractivity contribution >= 4 is 60.4 Å². The van der Waals surface area contributed by atoms with E-state index in [4.69, 9.17) is 23.2 Å². The Morgan fingerprint density at radius 1 is 1.11 bits per heavy atom. The maximum absolute atomic E-state index is 13.4. The lowest BCUT2D eigenvalue weighted by Crippen LogP contribution is -2.40. The van der Waals surface area contributed by atoms with Crippen LogP contribution >= 0.6 is 34.5 Å². The second-order valence-corrected chi connectivity index (χ2v) is 11.0. The molecule has 4 nitrogen and oxygen atoms in total. The highest BCUT2D eigenvalue weighted by atomic mass is 35.5. The van der Waals surface area contributed by atoms with Crippen LogP contribution in [0.15, 0.2) is 48.5 Å². The number of halogens is 2. The van der Waals surface area contributed by atoms with Crippen molar-refractivity contribution in [3.63, 3.8) is 0 Å². The number of sulfone groups is 1. The summed E-state index contributed by atoms with van der Waals surface area (Å²) in [5.41, 5.74) is 0.888. The average Bonchev–Trinajstić information content (AvgIpc) is 3.20. The molecule has 1 atom stereocenters. The molecule has 0 radical (unpaired) electrons. The smallest absolute Gasteiger partial charge is 0.266 e. The minimum absolute atomic E-state index is 0.0190. The largest absolute Gasteiger partial charge is 0.330 e. The SMILES string of the molecule is O=C(c1sc2ccccc2c1Cl)N(Cc1ccc(Cl)cc1)[C@H]1CCS(=O)(=O)C1. The normalized spacial score (nSPS) is 18.4. The lowest BCUT2D eigenvalue weighted by atomic mass is 10.1. The van der Waals surface area contributed by atoms with E-state index in [1.807, 2.05) is 36.4 Å². The van der Waals surface area contributed by atoms with Crippen LogP contribution in [0.5, 0.6) is 0 Å². The van der Waals surface area contributed by atoms with Crippen LogP contribution in [0.2, 0.25) is 10.0 Å². The molecule has 0 aliphatic carbocycles. The van der Waals surface area contributed by atoms with Crippen molar-refractivity contribution in [2.75, 3.05) is 11.5 Å². The number of carbonyl (C=O) groups is 1. The van der Waals surface area contributed by atoms with Crippen molar-refractivity contribution in [1.82, 2.24) is 4.90 Å². The van der Waals surface area contributed by atoms with Gasteiger partial charge in [0.15, 0.2) is 9.84 Å². The molecular weight excluding hydrogens is 437 g/mol. The predicted octanol–water partition coefficient (Wildman–Crippen LogP) is 5.04. The van der Waals surface area contributed by atoms with Crippen LogP contribution in [-0.4, -0.2) is 36.8 Å². The minimum atomic E-state index is -3.13. The Morgan fingerprint density at radius 3 is 2.46 bits per heavy atom. The average molecular weight is 454 g/mol. The first-order valence-corrected chi connectivity index (χ1v) is 12.2. The summed E-state index contributed by atoms with van der Waals surface area (Å²) in [4.78, 5) is 15.5. The van der Waals surface area contributed by atoms with Gasteiger partial charge >= 0.3 is 0 Å². The molecule has 1 aliphatic rings. The van der Waals surface area contributed by atoms with Gasteiger partial charge in [0.1, 0.15) is 4.88 Å². The van der Waals surface area contributed by atoms with E-state index < -0.39 is 9.84 Å². The van der Waals surface area contributed by atoms with Crippen molar-refractivity contribution in [3.8, 4) is 0 Å². The highest BCUT2D eigenvalue weighted by Crippen LogP contribution is 2.37. The monoisotopic (exact) mass is 453 g/mol. The van der Waals surface area contributed by atoms with Crippen molar-refractivity contribution in [2.24, 2.45) is 0 Å². The zero-order valence-corrected chi connectivity index (χ0v) is 17.9. The Hall–Kier alpha value is -1.60. The van der Waals surface area contributed by atoms with Gasteiger partial charge in [-0.15, -0.1) is 11.3 Å². The van der Waals surface area contributed by atoms with Gasteiger partial charge in [-0.1, -0.05) is 53.5 Å². The Balaban J connectivity index is 1.72. The number of carbonyl (C=O) groups excluding carboxylic acids is 1. The molecular formula is C20H17Cl2NO3S2. The Morgan fingerprint density at radius 2 is 1.82 bits per heavy atom. The van der Waals surface area contributed by atoms with E-state index >= 15 is 0 Å². The Bertz CT molecular complexity index is 1140. The van der Waals surface area contributed by atoms with Gasteiger partial charge in [-0.05, 0) is 30.2 Å². The zero-order valence-electron chi connectivity index (χ0n) is 14.8. The highest BCUT2D eigenvalue weighted by Gasteiger charge is 2.36. The molecule has 0 bridgehead atoms. The van der Waals surface area contributed by atoms with Crippen molar-refractivity contribution in [3.05, 3.63) is 69.0 Å². The zero-order chi connectivity index (χ0) is 19.9. The van der Waals surface area contributed by atoms with Crippen LogP contribution in [0.4, 0.5) is 0 Å². The summed E-state index contributed by atoms with van der Waals surface area (Å²) in [7, 11) is -3.13. The molecule has 1 aromatic heterocycles. The summed E-state index contributed by atoms with van der Waals surface area (Å²) < 4.78 is 25.0. The second-order valence-electron chi connectivity index (χ2n) is 6.86. The molecule has 0 saturated carbocycles. The molecule has 8 heteroatoms. The van der Waals surface area contributed by atoms with E-state index in [0.717, 1.165) is 15.6 Å². The molecule has 3 aromatic rings. The van der Waals surface area contributed by atoms with Crippen LogP contribution in [0.1, 0.15) is 21.7 Å². The number of benzene rings is 2. The lowest BCUT2D eigenvalue weighted by Gasteiger charge is -2.28. The summed E-state index contributed by atoms with van der Waals surface area (Å²) in [5.74, 6) is -0.153. The molecule has 28 heavy (non-hydrogen) atoms. The van der Waals surface area contributed by atoms with Crippen molar-refractivity contribution in [2.45, 2.75) is 19.0 Å². The van der Waals surface area contributed by atoms with E-state index in [-0.39, 0.29) is 23.5 Å². The van der Waals surface area contributed by atoms with Crippen molar-refractivity contribution in [1.29, 1.82) is 0 Å². The van der Waals surface area contributed by atoms with E-state index in [1.165, 1.54) is 11.3 Å². The lowest BCUT2D eigenvalue weighted by molar-refractivity contribution is 0.0686. The van der Waals surface area contributed by atoms with Gasteiger partial charge in [0.25, 0.3) is 5.91 Å². The Kier molecular flexibility index (Phi) is 5.40. The third-order valence-electron chi connectivity index (χ3n) is 4.91. The van der Waals surface area contributed by atoms with E-state index in [0.29, 0.717) is 27.9 Å². The maximum atomic E-state index is 13.4. The van der Waals surface area contributed by atoms with Gasteiger partial charge < -0.3 is 4.90 Å². The third-order valence-corrected chi connectivity index (χ3v) is 8.57. The number of thiophene rings is 1.